The Morgan fingerprint density at radius 1 is 1.04 bits per heavy atom. The lowest BCUT2D eigenvalue weighted by Crippen LogP contribution is -2.35. The van der Waals surface area contributed by atoms with E-state index >= 15 is 0 Å². The first-order chi connectivity index (χ1) is 11.7. The summed E-state index contributed by atoms with van der Waals surface area (Å²) in [5.41, 5.74) is 3.48. The minimum atomic E-state index is 0.335. The van der Waals surface area contributed by atoms with Gasteiger partial charge in [0, 0.05) is 49.0 Å². The van der Waals surface area contributed by atoms with E-state index in [4.69, 9.17) is 9.72 Å². The number of hydrogen-bond acceptors (Lipinski definition) is 4. The number of aryl methyl sites for hydroxylation is 1. The van der Waals surface area contributed by atoms with Gasteiger partial charge in [-0.2, -0.15) is 0 Å². The number of aromatic nitrogens is 1. The Morgan fingerprint density at radius 2 is 1.79 bits per heavy atom. The zero-order chi connectivity index (χ0) is 16.5. The lowest BCUT2D eigenvalue weighted by molar-refractivity contribution is 0.114. The maximum Gasteiger partial charge on any atom is 0.121 e. The van der Waals surface area contributed by atoms with Crippen molar-refractivity contribution >= 4 is 16.6 Å². The predicted molar refractivity (Wildman–Crippen MR) is 99.1 cm³/mol. The number of nitrogens with zero attached hydrogens (tertiary/aromatic N) is 3. The molecule has 2 aliphatic heterocycles. The molecule has 0 N–H and O–H groups in total. The summed E-state index contributed by atoms with van der Waals surface area (Å²) in [5, 5.41) is 1.25. The van der Waals surface area contributed by atoms with Gasteiger partial charge in [-0.3, -0.25) is 4.98 Å². The topological polar surface area (TPSA) is 28.6 Å². The third-order valence-corrected chi connectivity index (χ3v) is 5.30. The first-order valence-electron chi connectivity index (χ1n) is 9.20. The lowest BCUT2D eigenvalue weighted by atomic mass is 10.1. The number of hydrogen-bond donors (Lipinski definition) is 0. The van der Waals surface area contributed by atoms with Crippen LogP contribution in [0.5, 0.6) is 5.75 Å². The zero-order valence-corrected chi connectivity index (χ0v) is 14.8. The fourth-order valence-corrected chi connectivity index (χ4v) is 3.91. The average molecular weight is 325 g/mol. The van der Waals surface area contributed by atoms with Crippen LogP contribution in [-0.2, 0) is 0 Å². The molecular weight excluding hydrogens is 298 g/mol. The molecule has 0 amide bonds. The number of piperidine rings is 1. The van der Waals surface area contributed by atoms with E-state index in [1.165, 1.54) is 23.9 Å². The Bertz CT molecular complexity index is 716. The van der Waals surface area contributed by atoms with Crippen LogP contribution in [0.3, 0.4) is 0 Å². The van der Waals surface area contributed by atoms with E-state index in [0.29, 0.717) is 6.10 Å². The van der Waals surface area contributed by atoms with Crippen molar-refractivity contribution in [2.24, 2.45) is 0 Å². The summed E-state index contributed by atoms with van der Waals surface area (Å²) in [6.45, 7) is 6.64. The predicted octanol–water partition coefficient (Wildman–Crippen LogP) is 3.62. The summed E-state index contributed by atoms with van der Waals surface area (Å²) >= 11 is 0. The molecule has 24 heavy (non-hydrogen) atoms. The molecule has 4 nitrogen and oxygen atoms in total. The smallest absolute Gasteiger partial charge is 0.121 e. The van der Waals surface area contributed by atoms with E-state index < -0.39 is 0 Å². The Kier molecular flexibility index (Phi) is 4.31. The molecule has 1 aromatic carbocycles. The van der Waals surface area contributed by atoms with Crippen LogP contribution in [0.15, 0.2) is 24.3 Å². The van der Waals surface area contributed by atoms with Crippen LogP contribution in [0.2, 0.25) is 0 Å². The van der Waals surface area contributed by atoms with Crippen LogP contribution in [0.25, 0.3) is 10.9 Å². The summed E-state index contributed by atoms with van der Waals surface area (Å²) in [5.74, 6) is 0.961. The standard InChI is InChI=1S/C20H27N3O/c1-15-13-20(23-9-3-4-10-23)18-6-5-17(14-19(18)21-15)24-16-7-11-22(2)12-8-16/h5-6,13-14,16H,3-4,7-12H2,1-2H3. The van der Waals surface area contributed by atoms with E-state index in [9.17, 15) is 0 Å². The van der Waals surface area contributed by atoms with Gasteiger partial charge in [0.2, 0.25) is 0 Å². The molecule has 0 bridgehead atoms. The fraction of sp³-hybridized carbons (Fsp3) is 0.550. The molecule has 0 atom stereocenters. The van der Waals surface area contributed by atoms with Crippen molar-refractivity contribution in [1.29, 1.82) is 0 Å². The molecule has 0 spiro atoms. The normalized spacial score (nSPS) is 20.0. The third-order valence-electron chi connectivity index (χ3n) is 5.30. The molecule has 4 heteroatoms. The van der Waals surface area contributed by atoms with Crippen molar-refractivity contribution in [2.45, 2.75) is 38.7 Å². The highest BCUT2D eigenvalue weighted by Gasteiger charge is 2.19. The minimum Gasteiger partial charge on any atom is -0.490 e. The number of anilines is 1. The summed E-state index contributed by atoms with van der Waals surface area (Å²) in [6.07, 6.45) is 5.13. The summed E-state index contributed by atoms with van der Waals surface area (Å²) in [7, 11) is 2.18. The fourth-order valence-electron chi connectivity index (χ4n) is 3.91. The van der Waals surface area contributed by atoms with Gasteiger partial charge >= 0.3 is 0 Å². The Balaban J connectivity index is 1.60. The van der Waals surface area contributed by atoms with Crippen LogP contribution >= 0.6 is 0 Å². The number of likely N-dealkylation sites (tertiary alicyclic amines) is 1. The lowest BCUT2D eigenvalue weighted by Gasteiger charge is -2.29. The molecule has 128 valence electrons. The van der Waals surface area contributed by atoms with Crippen LogP contribution < -0.4 is 9.64 Å². The van der Waals surface area contributed by atoms with E-state index in [-0.39, 0.29) is 0 Å². The van der Waals surface area contributed by atoms with Crippen LogP contribution in [-0.4, -0.2) is 49.2 Å². The molecule has 0 radical (unpaired) electrons. The SMILES string of the molecule is Cc1cc(N2CCCC2)c2ccc(OC3CCN(C)CC3)cc2n1. The average Bonchev–Trinajstić information content (AvgIpc) is 3.10. The van der Waals surface area contributed by atoms with Crippen molar-refractivity contribution in [1.82, 2.24) is 9.88 Å². The molecule has 0 aliphatic carbocycles. The van der Waals surface area contributed by atoms with Gasteiger partial charge in [-0.25, -0.2) is 0 Å². The number of fused-ring (bicyclic) bond motifs is 1. The minimum absolute atomic E-state index is 0.335. The van der Waals surface area contributed by atoms with Gasteiger partial charge in [-0.05, 0) is 57.9 Å². The van der Waals surface area contributed by atoms with Gasteiger partial charge in [-0.1, -0.05) is 0 Å². The molecule has 1 aromatic heterocycles. The van der Waals surface area contributed by atoms with Gasteiger partial charge < -0.3 is 14.5 Å². The van der Waals surface area contributed by atoms with Gasteiger partial charge in [0.05, 0.1) is 5.52 Å². The molecule has 3 heterocycles. The first-order valence-corrected chi connectivity index (χ1v) is 9.20. The second kappa shape index (κ2) is 6.60. The Labute approximate surface area is 144 Å². The molecule has 2 aliphatic rings. The van der Waals surface area contributed by atoms with Gasteiger partial charge in [0.15, 0.2) is 0 Å². The Morgan fingerprint density at radius 3 is 2.54 bits per heavy atom. The summed E-state index contributed by atoms with van der Waals surface area (Å²) in [6, 6.07) is 8.67. The van der Waals surface area contributed by atoms with E-state index in [1.54, 1.807) is 0 Å². The number of pyridine rings is 1. The van der Waals surface area contributed by atoms with Crippen LogP contribution in [0.1, 0.15) is 31.4 Å². The molecule has 2 fully saturated rings. The molecule has 0 unspecified atom stereocenters. The van der Waals surface area contributed by atoms with Crippen molar-refractivity contribution in [2.75, 3.05) is 38.1 Å². The van der Waals surface area contributed by atoms with Gasteiger partial charge in [-0.15, -0.1) is 0 Å². The van der Waals surface area contributed by atoms with Crippen LogP contribution in [0.4, 0.5) is 5.69 Å². The van der Waals surface area contributed by atoms with Crippen molar-refractivity contribution < 1.29 is 4.74 Å². The third kappa shape index (κ3) is 3.20. The second-order valence-corrected chi connectivity index (χ2v) is 7.28. The highest BCUT2D eigenvalue weighted by Crippen LogP contribution is 2.32. The molecule has 2 aromatic rings. The van der Waals surface area contributed by atoms with E-state index in [0.717, 1.165) is 56.0 Å². The molecular formula is C20H27N3O. The maximum atomic E-state index is 6.24. The first kappa shape index (κ1) is 15.7. The second-order valence-electron chi connectivity index (χ2n) is 7.28. The highest BCUT2D eigenvalue weighted by molar-refractivity contribution is 5.93. The maximum absolute atomic E-state index is 6.24. The largest absolute Gasteiger partial charge is 0.490 e. The van der Waals surface area contributed by atoms with Gasteiger partial charge in [0.25, 0.3) is 0 Å². The highest BCUT2D eigenvalue weighted by atomic mass is 16.5. The number of ether oxygens (including phenoxy) is 1. The zero-order valence-electron chi connectivity index (χ0n) is 14.8. The van der Waals surface area contributed by atoms with Crippen molar-refractivity contribution in [3.63, 3.8) is 0 Å². The number of rotatable bonds is 3. The van der Waals surface area contributed by atoms with E-state index in [1.807, 2.05) is 0 Å². The molecule has 4 rings (SSSR count). The molecule has 2 saturated heterocycles. The molecule has 0 saturated carbocycles. The summed E-state index contributed by atoms with van der Waals surface area (Å²) in [4.78, 5) is 9.62. The quantitative estimate of drug-likeness (QED) is 0.862. The van der Waals surface area contributed by atoms with E-state index in [2.05, 4.69) is 48.0 Å². The van der Waals surface area contributed by atoms with Crippen LogP contribution in [0, 0.1) is 6.92 Å². The van der Waals surface area contributed by atoms with Crippen molar-refractivity contribution in [3.8, 4) is 5.75 Å². The van der Waals surface area contributed by atoms with Gasteiger partial charge in [0.1, 0.15) is 11.9 Å². The van der Waals surface area contributed by atoms with Crippen molar-refractivity contribution in [3.05, 3.63) is 30.0 Å². The monoisotopic (exact) mass is 325 g/mol. The summed E-state index contributed by atoms with van der Waals surface area (Å²) < 4.78 is 6.24. The Hall–Kier alpha value is -1.81. The number of benzene rings is 1.